The summed E-state index contributed by atoms with van der Waals surface area (Å²) in [5.74, 6) is 0. The molecule has 0 bridgehead atoms. The van der Waals surface area contributed by atoms with Crippen LogP contribution in [0.25, 0.3) is 0 Å². The molecule has 0 aliphatic carbocycles. The smallest absolute Gasteiger partial charge is 0.0701 e. The van der Waals surface area contributed by atoms with Gasteiger partial charge in [-0.1, -0.05) is 0 Å². The molecule has 13 heavy (non-hydrogen) atoms. The Labute approximate surface area is 92.0 Å². The first-order valence-electron chi connectivity index (χ1n) is 4.05. The normalized spacial score (nSPS) is 9.69. The van der Waals surface area contributed by atoms with Gasteiger partial charge in [-0.3, -0.25) is 0 Å². The molecule has 0 atom stereocenters. The molecule has 0 aromatic heterocycles. The number of ether oxygens (including phenoxy) is 4. The summed E-state index contributed by atoms with van der Waals surface area (Å²) >= 11 is 0. The van der Waals surface area contributed by atoms with E-state index in [0.717, 1.165) is 0 Å². The molecular weight excluding hydrogens is 167 g/mol. The molecule has 0 N–H and O–H groups in total. The molecule has 4 nitrogen and oxygen atoms in total. The third-order valence-electron chi connectivity index (χ3n) is 1.24. The Kier molecular flexibility index (Phi) is 18.3. The monoisotopic (exact) mass is 185 g/mol. The predicted octanol–water partition coefficient (Wildman–Crippen LogP) is -0.0684. The van der Waals surface area contributed by atoms with Gasteiger partial charge in [0.05, 0.1) is 39.6 Å². The molecule has 75 valence electrons. The molecule has 0 heterocycles. The van der Waals surface area contributed by atoms with Gasteiger partial charge in [0.25, 0.3) is 0 Å². The molecule has 0 saturated carbocycles. The zero-order valence-corrected chi connectivity index (χ0v) is 8.88. The molecule has 0 aliphatic rings. The van der Waals surface area contributed by atoms with E-state index < -0.39 is 0 Å². The van der Waals surface area contributed by atoms with Crippen LogP contribution < -0.4 is 0 Å². The van der Waals surface area contributed by atoms with Crippen molar-refractivity contribution < 1.29 is 18.9 Å². The number of methoxy groups -OCH3 is 2. The molecule has 0 aliphatic heterocycles. The third kappa shape index (κ3) is 15.2. The van der Waals surface area contributed by atoms with Gasteiger partial charge in [0, 0.05) is 33.1 Å². The van der Waals surface area contributed by atoms with E-state index in [0.29, 0.717) is 39.6 Å². The molecule has 0 amide bonds. The van der Waals surface area contributed by atoms with Gasteiger partial charge in [-0.15, -0.1) is 0 Å². The minimum atomic E-state index is 0. The first kappa shape index (κ1) is 15.9. The minimum absolute atomic E-state index is 0. The average molecular weight is 185 g/mol. The summed E-state index contributed by atoms with van der Waals surface area (Å²) in [6, 6.07) is 0. The van der Waals surface area contributed by atoms with Crippen LogP contribution in [0.3, 0.4) is 0 Å². The maximum Gasteiger partial charge on any atom is 0.0701 e. The van der Waals surface area contributed by atoms with Gasteiger partial charge < -0.3 is 18.9 Å². The zero-order chi connectivity index (χ0) is 9.07. The van der Waals surface area contributed by atoms with E-state index in [-0.39, 0.29) is 18.9 Å². The van der Waals surface area contributed by atoms with Crippen molar-refractivity contribution in [3.8, 4) is 0 Å². The zero-order valence-electron chi connectivity index (χ0n) is 8.88. The van der Waals surface area contributed by atoms with Gasteiger partial charge in [-0.2, -0.15) is 0 Å². The average Bonchev–Trinajstić information content (AvgIpc) is 2.10. The van der Waals surface area contributed by atoms with Gasteiger partial charge in [0.15, 0.2) is 0 Å². The summed E-state index contributed by atoms with van der Waals surface area (Å²) < 4.78 is 19.9. The van der Waals surface area contributed by atoms with Crippen molar-refractivity contribution in [3.05, 3.63) is 0 Å². The van der Waals surface area contributed by atoms with Crippen LogP contribution in [-0.4, -0.2) is 72.7 Å². The SMILES string of the molecule is COCCOCCOCCOC.[Li]. The topological polar surface area (TPSA) is 36.9 Å². The molecule has 0 fully saturated rings. The largest absolute Gasteiger partial charge is 0.382 e. The van der Waals surface area contributed by atoms with Crippen LogP contribution in [0.15, 0.2) is 0 Å². The van der Waals surface area contributed by atoms with Crippen molar-refractivity contribution in [2.24, 2.45) is 0 Å². The Hall–Kier alpha value is 0.437. The van der Waals surface area contributed by atoms with Crippen molar-refractivity contribution in [1.29, 1.82) is 0 Å². The van der Waals surface area contributed by atoms with Crippen LogP contribution in [0, 0.1) is 0 Å². The summed E-state index contributed by atoms with van der Waals surface area (Å²) in [6.07, 6.45) is 0. The fourth-order valence-electron chi connectivity index (χ4n) is 0.606. The fraction of sp³-hybridized carbons (Fsp3) is 1.00. The second-order valence-electron chi connectivity index (χ2n) is 2.21. The Bertz CT molecular complexity index is 72.5. The molecule has 1 radical (unpaired) electrons. The number of hydrogen-bond donors (Lipinski definition) is 0. The predicted molar refractivity (Wildman–Crippen MR) is 51.1 cm³/mol. The summed E-state index contributed by atoms with van der Waals surface area (Å²) in [5.41, 5.74) is 0. The van der Waals surface area contributed by atoms with Crippen LogP contribution in [0.5, 0.6) is 0 Å². The third-order valence-corrected chi connectivity index (χ3v) is 1.24. The number of rotatable bonds is 9. The van der Waals surface area contributed by atoms with Crippen molar-refractivity contribution >= 4 is 18.9 Å². The first-order chi connectivity index (χ1) is 5.91. The Morgan fingerprint density at radius 1 is 0.615 bits per heavy atom. The van der Waals surface area contributed by atoms with Crippen LogP contribution in [0.2, 0.25) is 0 Å². The minimum Gasteiger partial charge on any atom is -0.382 e. The van der Waals surface area contributed by atoms with Gasteiger partial charge in [-0.05, 0) is 0 Å². The molecule has 0 unspecified atom stereocenters. The van der Waals surface area contributed by atoms with Crippen molar-refractivity contribution in [1.82, 2.24) is 0 Å². The van der Waals surface area contributed by atoms with Crippen LogP contribution >= 0.6 is 0 Å². The van der Waals surface area contributed by atoms with E-state index in [2.05, 4.69) is 0 Å². The quantitative estimate of drug-likeness (QED) is 0.372. The van der Waals surface area contributed by atoms with Crippen molar-refractivity contribution in [2.45, 2.75) is 0 Å². The van der Waals surface area contributed by atoms with E-state index >= 15 is 0 Å². The van der Waals surface area contributed by atoms with Crippen molar-refractivity contribution in [2.75, 3.05) is 53.9 Å². The summed E-state index contributed by atoms with van der Waals surface area (Å²) in [4.78, 5) is 0. The van der Waals surface area contributed by atoms with E-state index in [1.807, 2.05) is 0 Å². The molecule has 0 aromatic rings. The van der Waals surface area contributed by atoms with E-state index in [4.69, 9.17) is 18.9 Å². The summed E-state index contributed by atoms with van der Waals surface area (Å²) in [5, 5.41) is 0. The Balaban J connectivity index is 0. The molecule has 0 rings (SSSR count). The number of hydrogen-bond acceptors (Lipinski definition) is 4. The van der Waals surface area contributed by atoms with E-state index in [9.17, 15) is 0 Å². The van der Waals surface area contributed by atoms with E-state index in [1.165, 1.54) is 0 Å². The fourth-order valence-corrected chi connectivity index (χ4v) is 0.606. The van der Waals surface area contributed by atoms with Crippen LogP contribution in [-0.2, 0) is 18.9 Å². The Morgan fingerprint density at radius 3 is 1.23 bits per heavy atom. The van der Waals surface area contributed by atoms with Gasteiger partial charge in [0.1, 0.15) is 0 Å². The van der Waals surface area contributed by atoms with E-state index in [1.54, 1.807) is 14.2 Å². The maximum absolute atomic E-state index is 5.16. The molecular formula is C8H18LiO4. The standard InChI is InChI=1S/C8H18O4.Li/c1-9-3-5-11-7-8-12-6-4-10-2;/h3-8H2,1-2H3;. The molecule has 5 heteroatoms. The summed E-state index contributed by atoms with van der Waals surface area (Å²) in [6.45, 7) is 3.77. The molecule has 0 saturated heterocycles. The Morgan fingerprint density at radius 2 is 0.923 bits per heavy atom. The second kappa shape index (κ2) is 14.9. The second-order valence-corrected chi connectivity index (χ2v) is 2.21. The van der Waals surface area contributed by atoms with Gasteiger partial charge in [-0.25, -0.2) is 0 Å². The van der Waals surface area contributed by atoms with Crippen LogP contribution in [0.1, 0.15) is 0 Å². The van der Waals surface area contributed by atoms with Gasteiger partial charge in [0.2, 0.25) is 0 Å². The molecule has 0 aromatic carbocycles. The van der Waals surface area contributed by atoms with Gasteiger partial charge >= 0.3 is 0 Å². The van der Waals surface area contributed by atoms with Crippen LogP contribution in [0.4, 0.5) is 0 Å². The molecule has 0 spiro atoms. The van der Waals surface area contributed by atoms with Crippen molar-refractivity contribution in [3.63, 3.8) is 0 Å². The first-order valence-corrected chi connectivity index (χ1v) is 4.05. The maximum atomic E-state index is 5.16. The summed E-state index contributed by atoms with van der Waals surface area (Å²) in [7, 11) is 3.30.